The summed E-state index contributed by atoms with van der Waals surface area (Å²) < 4.78 is 7.43. The lowest BCUT2D eigenvalue weighted by atomic mass is 9.80. The second-order valence-electron chi connectivity index (χ2n) is 5.57. The van der Waals surface area contributed by atoms with E-state index in [9.17, 15) is 0 Å². The molecule has 0 spiro atoms. The zero-order valence-corrected chi connectivity index (χ0v) is 13.9. The van der Waals surface area contributed by atoms with Crippen LogP contribution in [-0.2, 0) is 0 Å². The zero-order chi connectivity index (χ0) is 13.9. The minimum Gasteiger partial charge on any atom is -0.467 e. The molecule has 0 aliphatic carbocycles. The molecule has 0 amide bonds. The summed E-state index contributed by atoms with van der Waals surface area (Å²) in [6, 6.07) is 4.42. The molecule has 2 aliphatic rings. The van der Waals surface area contributed by atoms with Crippen molar-refractivity contribution in [3.63, 3.8) is 0 Å². The van der Waals surface area contributed by atoms with Crippen LogP contribution in [0, 0.1) is 12.8 Å². The Hall–Kier alpha value is -0.810. The molecule has 102 valence electrons. The number of nitrogens with one attached hydrogen (secondary N) is 1. The predicted octanol–water partition coefficient (Wildman–Crippen LogP) is 3.36. The van der Waals surface area contributed by atoms with Crippen molar-refractivity contribution < 1.29 is 4.74 Å². The molecule has 3 rings (SSSR count). The van der Waals surface area contributed by atoms with Crippen molar-refractivity contribution in [1.29, 1.82) is 0 Å². The van der Waals surface area contributed by atoms with E-state index in [2.05, 4.69) is 54.2 Å². The maximum atomic E-state index is 6.35. The van der Waals surface area contributed by atoms with Gasteiger partial charge in [0.1, 0.15) is 5.75 Å². The lowest BCUT2D eigenvalue weighted by Gasteiger charge is -2.55. The van der Waals surface area contributed by atoms with Gasteiger partial charge < -0.3 is 15.0 Å². The highest BCUT2D eigenvalue weighted by Crippen LogP contribution is 2.49. The first-order valence-electron chi connectivity index (χ1n) is 6.38. The van der Waals surface area contributed by atoms with Crippen LogP contribution in [0.2, 0.25) is 0 Å². The predicted molar refractivity (Wildman–Crippen MR) is 83.3 cm³/mol. The Labute approximate surface area is 127 Å². The van der Waals surface area contributed by atoms with Crippen molar-refractivity contribution in [2.45, 2.75) is 32.5 Å². The Morgan fingerprint density at radius 2 is 2.16 bits per heavy atom. The fourth-order valence-corrected chi connectivity index (χ4v) is 3.91. The molecule has 0 aromatic heterocycles. The van der Waals surface area contributed by atoms with Crippen molar-refractivity contribution in [3.8, 4) is 5.75 Å². The van der Waals surface area contributed by atoms with Gasteiger partial charge in [-0.15, -0.1) is 0 Å². The van der Waals surface area contributed by atoms with Gasteiger partial charge >= 0.3 is 0 Å². The lowest BCUT2D eigenvalue weighted by Crippen LogP contribution is -2.67. The quantitative estimate of drug-likeness (QED) is 0.732. The van der Waals surface area contributed by atoms with Crippen LogP contribution in [0.5, 0.6) is 5.75 Å². The molecular weight excluding hydrogens is 324 g/mol. The molecule has 3 atom stereocenters. The Morgan fingerprint density at radius 3 is 2.84 bits per heavy atom. The van der Waals surface area contributed by atoms with Crippen LogP contribution >= 0.6 is 28.1 Å². The SMILES string of the molecule is Cc1cc(Br)cc2c1OC1(C)C(C)C2NC(=S)N1C. The number of halogens is 1. The molecule has 0 saturated carbocycles. The van der Waals surface area contributed by atoms with E-state index in [4.69, 9.17) is 17.0 Å². The molecule has 3 unspecified atom stereocenters. The topological polar surface area (TPSA) is 24.5 Å². The van der Waals surface area contributed by atoms with Gasteiger partial charge in [0.25, 0.3) is 0 Å². The number of thiocarbonyl (C=S) groups is 1. The van der Waals surface area contributed by atoms with Crippen molar-refractivity contribution in [2.24, 2.45) is 5.92 Å². The molecule has 1 N–H and O–H groups in total. The zero-order valence-electron chi connectivity index (χ0n) is 11.5. The molecule has 1 fully saturated rings. The second kappa shape index (κ2) is 4.09. The van der Waals surface area contributed by atoms with Crippen LogP contribution in [0.1, 0.15) is 31.0 Å². The van der Waals surface area contributed by atoms with Gasteiger partial charge in [0.15, 0.2) is 10.8 Å². The smallest absolute Gasteiger partial charge is 0.186 e. The summed E-state index contributed by atoms with van der Waals surface area (Å²) in [5.74, 6) is 1.29. The van der Waals surface area contributed by atoms with Crippen molar-refractivity contribution in [2.75, 3.05) is 7.05 Å². The molecule has 0 radical (unpaired) electrons. The summed E-state index contributed by atoms with van der Waals surface area (Å²) in [6.45, 7) is 6.40. The third-order valence-corrected chi connectivity index (χ3v) is 5.36. The lowest BCUT2D eigenvalue weighted by molar-refractivity contribution is -0.100. The summed E-state index contributed by atoms with van der Waals surface area (Å²) in [4.78, 5) is 2.02. The van der Waals surface area contributed by atoms with Crippen molar-refractivity contribution in [3.05, 3.63) is 27.7 Å². The molecule has 2 heterocycles. The standard InChI is InChI=1S/C14H17BrN2OS/c1-7-5-9(15)6-10-11-8(2)14(3,18-12(7)10)17(4)13(19)16-11/h5-6,8,11H,1-4H3,(H,16,19). The minimum atomic E-state index is -0.390. The number of nitrogens with zero attached hydrogens (tertiary/aromatic N) is 1. The molecule has 19 heavy (non-hydrogen) atoms. The van der Waals surface area contributed by atoms with Gasteiger partial charge in [-0.1, -0.05) is 22.9 Å². The third-order valence-electron chi connectivity index (χ3n) is 4.51. The van der Waals surface area contributed by atoms with Gasteiger partial charge in [0.05, 0.1) is 6.04 Å². The molecule has 3 nitrogen and oxygen atoms in total. The molecule has 1 saturated heterocycles. The number of hydrogen-bond acceptors (Lipinski definition) is 2. The number of hydrogen-bond donors (Lipinski definition) is 1. The maximum absolute atomic E-state index is 6.35. The van der Waals surface area contributed by atoms with E-state index >= 15 is 0 Å². The average Bonchev–Trinajstić information content (AvgIpc) is 2.34. The van der Waals surface area contributed by atoms with E-state index in [-0.39, 0.29) is 6.04 Å². The number of benzene rings is 1. The Kier molecular flexibility index (Phi) is 2.84. The fraction of sp³-hybridized carbons (Fsp3) is 0.500. The first-order valence-corrected chi connectivity index (χ1v) is 7.58. The molecule has 5 heteroatoms. The largest absolute Gasteiger partial charge is 0.467 e. The Balaban J connectivity index is 2.22. The van der Waals surface area contributed by atoms with E-state index in [0.717, 1.165) is 20.9 Å². The fourth-order valence-electron chi connectivity index (χ4n) is 3.01. The molecule has 1 aromatic carbocycles. The third kappa shape index (κ3) is 1.71. The van der Waals surface area contributed by atoms with Gasteiger partial charge in [-0.05, 0) is 43.8 Å². The highest BCUT2D eigenvalue weighted by Gasteiger charge is 2.52. The van der Waals surface area contributed by atoms with Gasteiger partial charge in [0, 0.05) is 23.0 Å². The number of fused-ring (bicyclic) bond motifs is 4. The molecule has 2 aliphatic heterocycles. The summed E-state index contributed by atoms with van der Waals surface area (Å²) in [7, 11) is 1.99. The average molecular weight is 341 g/mol. The number of aryl methyl sites for hydroxylation is 1. The molecule has 2 bridgehead atoms. The first kappa shape index (κ1) is 13.2. The summed E-state index contributed by atoms with van der Waals surface area (Å²) in [6.07, 6.45) is 0. The highest BCUT2D eigenvalue weighted by molar-refractivity contribution is 9.10. The second-order valence-corrected chi connectivity index (χ2v) is 6.87. The van der Waals surface area contributed by atoms with E-state index in [0.29, 0.717) is 5.92 Å². The van der Waals surface area contributed by atoms with E-state index < -0.39 is 5.72 Å². The normalized spacial score (nSPS) is 32.5. The summed E-state index contributed by atoms with van der Waals surface area (Å²) in [5.41, 5.74) is 1.95. The van der Waals surface area contributed by atoms with Crippen molar-refractivity contribution in [1.82, 2.24) is 10.2 Å². The monoisotopic (exact) mass is 340 g/mol. The Morgan fingerprint density at radius 1 is 1.47 bits per heavy atom. The van der Waals surface area contributed by atoms with Gasteiger partial charge in [-0.2, -0.15) is 0 Å². The van der Waals surface area contributed by atoms with Crippen LogP contribution in [0.4, 0.5) is 0 Å². The minimum absolute atomic E-state index is 0.202. The number of ether oxygens (including phenoxy) is 1. The number of rotatable bonds is 0. The first-order chi connectivity index (χ1) is 8.84. The Bertz CT molecular complexity index is 577. The van der Waals surface area contributed by atoms with Crippen LogP contribution in [0.15, 0.2) is 16.6 Å². The maximum Gasteiger partial charge on any atom is 0.186 e. The highest BCUT2D eigenvalue weighted by atomic mass is 79.9. The van der Waals surface area contributed by atoms with Crippen LogP contribution in [0.3, 0.4) is 0 Å². The van der Waals surface area contributed by atoms with E-state index in [1.807, 2.05) is 11.9 Å². The molecular formula is C14H17BrN2OS. The van der Waals surface area contributed by atoms with Gasteiger partial charge in [0.2, 0.25) is 0 Å². The van der Waals surface area contributed by atoms with Gasteiger partial charge in [-0.3, -0.25) is 0 Å². The van der Waals surface area contributed by atoms with Crippen LogP contribution in [0.25, 0.3) is 0 Å². The van der Waals surface area contributed by atoms with Crippen LogP contribution in [-0.4, -0.2) is 22.8 Å². The molecule has 1 aromatic rings. The van der Waals surface area contributed by atoms with E-state index in [1.165, 1.54) is 5.56 Å². The van der Waals surface area contributed by atoms with Crippen LogP contribution < -0.4 is 10.1 Å². The summed E-state index contributed by atoms with van der Waals surface area (Å²) >= 11 is 8.99. The summed E-state index contributed by atoms with van der Waals surface area (Å²) in [5, 5.41) is 4.18. The van der Waals surface area contributed by atoms with Crippen molar-refractivity contribution >= 4 is 33.3 Å². The van der Waals surface area contributed by atoms with E-state index in [1.54, 1.807) is 0 Å². The van der Waals surface area contributed by atoms with Gasteiger partial charge in [-0.25, -0.2) is 0 Å².